The topological polar surface area (TPSA) is 44.8 Å². The molecule has 0 bridgehead atoms. The number of benzene rings is 2. The summed E-state index contributed by atoms with van der Waals surface area (Å²) in [6.45, 7) is 8.05. The van der Waals surface area contributed by atoms with E-state index in [0.29, 0.717) is 29.4 Å². The van der Waals surface area contributed by atoms with E-state index in [9.17, 15) is 4.79 Å². The smallest absolute Gasteiger partial charge is 0.231 e. The van der Waals surface area contributed by atoms with Gasteiger partial charge in [-0.25, -0.2) is 0 Å². The number of allylic oxidation sites excluding steroid dienone is 1. The Morgan fingerprint density at radius 3 is 2.56 bits per heavy atom. The molecule has 0 atom stereocenters. The minimum atomic E-state index is -0.125. The summed E-state index contributed by atoms with van der Waals surface area (Å²) in [7, 11) is 1.62. The highest BCUT2D eigenvalue weighted by atomic mass is 16.5. The van der Waals surface area contributed by atoms with Crippen molar-refractivity contribution in [3.63, 3.8) is 0 Å². The highest BCUT2D eigenvalue weighted by molar-refractivity contribution is 6.14. The lowest BCUT2D eigenvalue weighted by atomic mass is 10.1. The van der Waals surface area contributed by atoms with Gasteiger partial charge in [-0.2, -0.15) is 0 Å². The minimum Gasteiger partial charge on any atom is -0.497 e. The van der Waals surface area contributed by atoms with Crippen LogP contribution < -0.4 is 14.2 Å². The molecule has 0 aromatic heterocycles. The molecule has 0 N–H and O–H groups in total. The molecule has 0 spiro atoms. The molecule has 3 rings (SSSR count). The van der Waals surface area contributed by atoms with Crippen molar-refractivity contribution in [2.24, 2.45) is 0 Å². The Morgan fingerprint density at radius 2 is 1.92 bits per heavy atom. The van der Waals surface area contributed by atoms with Crippen molar-refractivity contribution in [2.75, 3.05) is 13.7 Å². The first-order valence-electron chi connectivity index (χ1n) is 7.98. The van der Waals surface area contributed by atoms with Crippen LogP contribution in [0.5, 0.6) is 17.2 Å². The number of ketones is 1. The van der Waals surface area contributed by atoms with Gasteiger partial charge in [-0.1, -0.05) is 18.7 Å². The number of Topliss-reactive ketones (excluding diaryl/α,β-unsaturated/α-hetero) is 1. The molecule has 0 aliphatic carbocycles. The third-order valence-corrected chi connectivity index (χ3v) is 3.92. The Balaban J connectivity index is 1.88. The second-order valence-electron chi connectivity index (χ2n) is 6.02. The predicted molar refractivity (Wildman–Crippen MR) is 97.4 cm³/mol. The predicted octanol–water partition coefficient (Wildman–Crippen LogP) is 4.57. The molecule has 0 amide bonds. The Bertz CT molecular complexity index is 860. The Morgan fingerprint density at radius 1 is 1.20 bits per heavy atom. The van der Waals surface area contributed by atoms with Crippen LogP contribution >= 0.6 is 0 Å². The average molecular weight is 336 g/mol. The van der Waals surface area contributed by atoms with Crippen LogP contribution in [0.4, 0.5) is 0 Å². The van der Waals surface area contributed by atoms with Crippen LogP contribution in [0, 0.1) is 6.92 Å². The van der Waals surface area contributed by atoms with Crippen LogP contribution in [0.2, 0.25) is 0 Å². The van der Waals surface area contributed by atoms with Crippen molar-refractivity contribution >= 4 is 11.9 Å². The normalized spacial score (nSPS) is 14.2. The summed E-state index contributed by atoms with van der Waals surface area (Å²) in [5.74, 6) is 2.20. The first-order valence-corrected chi connectivity index (χ1v) is 7.98. The molecule has 2 aromatic carbocycles. The molecule has 128 valence electrons. The fourth-order valence-electron chi connectivity index (χ4n) is 2.58. The molecular weight excluding hydrogens is 316 g/mol. The zero-order chi connectivity index (χ0) is 18.0. The van der Waals surface area contributed by atoms with Gasteiger partial charge in [0.25, 0.3) is 0 Å². The summed E-state index contributed by atoms with van der Waals surface area (Å²) in [5.41, 5.74) is 3.16. The molecule has 0 saturated heterocycles. The fraction of sp³-hybridized carbons (Fsp3) is 0.190. The number of hydrogen-bond acceptors (Lipinski definition) is 4. The molecule has 4 heteroatoms. The quantitative estimate of drug-likeness (QED) is 0.592. The van der Waals surface area contributed by atoms with Crippen LogP contribution in [0.25, 0.3) is 6.08 Å². The average Bonchev–Trinajstić information content (AvgIpc) is 2.92. The largest absolute Gasteiger partial charge is 0.497 e. The first-order chi connectivity index (χ1) is 12.0. The SMILES string of the molecule is C=C(C)COc1ccc2c(c1C)O/C(=C\c1ccc(OC)cc1)C2=O. The Labute approximate surface area is 147 Å². The van der Waals surface area contributed by atoms with E-state index in [0.717, 1.165) is 22.4 Å². The van der Waals surface area contributed by atoms with Gasteiger partial charge in [0.2, 0.25) is 5.78 Å². The lowest BCUT2D eigenvalue weighted by Gasteiger charge is -2.11. The Kier molecular flexibility index (Phi) is 4.61. The van der Waals surface area contributed by atoms with Crippen LogP contribution in [-0.4, -0.2) is 19.5 Å². The van der Waals surface area contributed by atoms with E-state index in [4.69, 9.17) is 14.2 Å². The van der Waals surface area contributed by atoms with E-state index in [1.807, 2.05) is 38.1 Å². The van der Waals surface area contributed by atoms with Crippen molar-refractivity contribution in [1.29, 1.82) is 0 Å². The maximum atomic E-state index is 12.6. The molecule has 1 aliphatic rings. The maximum absolute atomic E-state index is 12.6. The van der Waals surface area contributed by atoms with Crippen LogP contribution in [0.3, 0.4) is 0 Å². The van der Waals surface area contributed by atoms with Crippen molar-refractivity contribution < 1.29 is 19.0 Å². The van der Waals surface area contributed by atoms with E-state index in [-0.39, 0.29) is 5.78 Å². The molecule has 4 nitrogen and oxygen atoms in total. The number of fused-ring (bicyclic) bond motifs is 1. The molecule has 0 unspecified atom stereocenters. The number of carbonyl (C=O) groups excluding carboxylic acids is 1. The number of rotatable bonds is 5. The first kappa shape index (κ1) is 16.8. The summed E-state index contributed by atoms with van der Waals surface area (Å²) >= 11 is 0. The second-order valence-corrected chi connectivity index (χ2v) is 6.02. The zero-order valence-corrected chi connectivity index (χ0v) is 14.6. The van der Waals surface area contributed by atoms with Crippen molar-refractivity contribution in [3.8, 4) is 17.2 Å². The highest BCUT2D eigenvalue weighted by Gasteiger charge is 2.30. The molecule has 2 aromatic rings. The number of ether oxygens (including phenoxy) is 3. The van der Waals surface area contributed by atoms with E-state index in [1.54, 1.807) is 25.3 Å². The summed E-state index contributed by atoms with van der Waals surface area (Å²) in [5, 5.41) is 0. The minimum absolute atomic E-state index is 0.125. The fourth-order valence-corrected chi connectivity index (χ4v) is 2.58. The van der Waals surface area contributed by atoms with Gasteiger partial charge in [-0.3, -0.25) is 4.79 Å². The van der Waals surface area contributed by atoms with Gasteiger partial charge >= 0.3 is 0 Å². The Hall–Kier alpha value is -3.01. The van der Waals surface area contributed by atoms with E-state index in [2.05, 4.69) is 6.58 Å². The molecule has 0 radical (unpaired) electrons. The van der Waals surface area contributed by atoms with Crippen LogP contribution in [-0.2, 0) is 0 Å². The number of hydrogen-bond donors (Lipinski definition) is 0. The van der Waals surface area contributed by atoms with Gasteiger partial charge < -0.3 is 14.2 Å². The zero-order valence-electron chi connectivity index (χ0n) is 14.6. The highest BCUT2D eigenvalue weighted by Crippen LogP contribution is 2.39. The molecule has 1 heterocycles. The summed E-state index contributed by atoms with van der Waals surface area (Å²) in [4.78, 5) is 12.6. The number of carbonyl (C=O) groups is 1. The standard InChI is InChI=1S/C21H20O4/c1-13(2)12-24-18-10-9-17-20(22)19(25-21(17)14(18)3)11-15-5-7-16(23-4)8-6-15/h5-11H,1,12H2,2-4H3/b19-11-. The van der Waals surface area contributed by atoms with Gasteiger partial charge in [0.1, 0.15) is 23.9 Å². The van der Waals surface area contributed by atoms with Crippen molar-refractivity contribution in [3.05, 3.63) is 71.0 Å². The monoisotopic (exact) mass is 336 g/mol. The van der Waals surface area contributed by atoms with Gasteiger partial charge in [-0.15, -0.1) is 0 Å². The summed E-state index contributed by atoms with van der Waals surface area (Å²) in [6.07, 6.45) is 1.73. The molecule has 0 fully saturated rings. The van der Waals surface area contributed by atoms with Crippen LogP contribution in [0.1, 0.15) is 28.4 Å². The van der Waals surface area contributed by atoms with E-state index >= 15 is 0 Å². The second kappa shape index (κ2) is 6.85. The lowest BCUT2D eigenvalue weighted by Crippen LogP contribution is -2.00. The van der Waals surface area contributed by atoms with Gasteiger partial charge in [0.05, 0.1) is 12.7 Å². The molecule has 0 saturated carbocycles. The lowest BCUT2D eigenvalue weighted by molar-refractivity contribution is 0.101. The van der Waals surface area contributed by atoms with E-state index in [1.165, 1.54) is 0 Å². The summed E-state index contributed by atoms with van der Waals surface area (Å²) < 4.78 is 16.7. The maximum Gasteiger partial charge on any atom is 0.231 e. The third-order valence-electron chi connectivity index (χ3n) is 3.92. The van der Waals surface area contributed by atoms with Crippen molar-refractivity contribution in [1.82, 2.24) is 0 Å². The van der Waals surface area contributed by atoms with Crippen molar-refractivity contribution in [2.45, 2.75) is 13.8 Å². The van der Waals surface area contributed by atoms with Gasteiger partial charge in [-0.05, 0) is 55.3 Å². The van der Waals surface area contributed by atoms with Crippen LogP contribution in [0.15, 0.2) is 54.3 Å². The number of methoxy groups -OCH3 is 1. The molecular formula is C21H20O4. The van der Waals surface area contributed by atoms with Gasteiger partial charge in [0.15, 0.2) is 5.76 Å². The molecule has 1 aliphatic heterocycles. The third kappa shape index (κ3) is 3.43. The van der Waals surface area contributed by atoms with E-state index < -0.39 is 0 Å². The van der Waals surface area contributed by atoms with Gasteiger partial charge in [0, 0.05) is 5.56 Å². The summed E-state index contributed by atoms with van der Waals surface area (Å²) in [6, 6.07) is 11.0. The molecule has 25 heavy (non-hydrogen) atoms.